The molecule has 2 aliphatic heterocycles. The Balaban J connectivity index is 2.09. The highest BCUT2D eigenvalue weighted by atomic mass is 31.2. The summed E-state index contributed by atoms with van der Waals surface area (Å²) in [4.78, 5) is 17.1. The molecule has 7 nitrogen and oxygen atoms in total. The number of hydrogen-bond donors (Lipinski definition) is 2. The molecule has 2 N–H and O–H groups in total. The normalized spacial score (nSPS) is 29.7. The Morgan fingerprint density at radius 3 is 2.76 bits per heavy atom. The second-order valence-corrected chi connectivity index (χ2v) is 11.3. The van der Waals surface area contributed by atoms with E-state index >= 15 is 0 Å². The van der Waals surface area contributed by atoms with Crippen molar-refractivity contribution in [2.24, 2.45) is 4.99 Å². The van der Waals surface area contributed by atoms with Crippen LogP contribution >= 0.6 is 6.89 Å². The smallest absolute Gasteiger partial charge is 0.222 e. The largest absolute Gasteiger partial charge is 0.388 e. The first-order valence-electron chi connectivity index (χ1n) is 8.18. The maximum absolute atomic E-state index is 11.1. The Morgan fingerprint density at radius 2 is 2.24 bits per heavy atom. The van der Waals surface area contributed by atoms with E-state index in [0.717, 1.165) is 12.6 Å². The fourth-order valence-electron chi connectivity index (χ4n) is 2.87. The Morgan fingerprint density at radius 1 is 1.56 bits per heavy atom. The lowest BCUT2D eigenvalue weighted by Gasteiger charge is -2.32. The summed E-state index contributed by atoms with van der Waals surface area (Å²) in [7, 11) is 1.55. The van der Waals surface area contributed by atoms with Crippen molar-refractivity contribution in [2.45, 2.75) is 37.9 Å². The zero-order valence-electron chi connectivity index (χ0n) is 15.3. The minimum atomic E-state index is -1.20. The molecular formula is C17H28N3O4P. The number of carbonyl (C=O) groups excluding carboxylic acids is 1. The van der Waals surface area contributed by atoms with Crippen LogP contribution in [0.3, 0.4) is 0 Å². The van der Waals surface area contributed by atoms with Crippen molar-refractivity contribution < 1.29 is 19.4 Å². The van der Waals surface area contributed by atoms with Crippen molar-refractivity contribution in [3.63, 3.8) is 0 Å². The monoisotopic (exact) mass is 369 g/mol. The van der Waals surface area contributed by atoms with Gasteiger partial charge in [0.05, 0.1) is 6.10 Å². The standard InChI is InChI=1S/C17H28N3O4P/c1-11-18-14(19-12(2)21)7-9-20(11)17-16(23-3)15(22)13(24-17)8-10-25(4,5)6/h7,9,13,15-17,22H,1,4,8,10H2,2-3,5-6H3,(H,18,19,21)/t13-,15-,16-,17?/m1/s1. The lowest BCUT2D eigenvalue weighted by molar-refractivity contribution is -0.117. The molecule has 140 valence electrons. The highest BCUT2D eigenvalue weighted by molar-refractivity contribution is 7.72. The van der Waals surface area contributed by atoms with Gasteiger partial charge in [-0.25, -0.2) is 4.99 Å². The summed E-state index contributed by atoms with van der Waals surface area (Å²) in [5.41, 5.74) is 0. The molecule has 25 heavy (non-hydrogen) atoms. The lowest BCUT2D eigenvalue weighted by atomic mass is 10.1. The molecular weight excluding hydrogens is 341 g/mol. The van der Waals surface area contributed by atoms with Crippen molar-refractivity contribution in [1.29, 1.82) is 0 Å². The molecule has 1 amide bonds. The summed E-state index contributed by atoms with van der Waals surface area (Å²) in [5.74, 6) is 0.628. The number of amidine groups is 1. The molecule has 1 unspecified atom stereocenters. The van der Waals surface area contributed by atoms with Crippen molar-refractivity contribution in [3.8, 4) is 0 Å². The van der Waals surface area contributed by atoms with Gasteiger partial charge in [0.15, 0.2) is 6.23 Å². The van der Waals surface area contributed by atoms with Crippen LogP contribution in [0.15, 0.2) is 29.7 Å². The number of hydrogen-bond acceptors (Lipinski definition) is 6. The van der Waals surface area contributed by atoms with E-state index in [9.17, 15) is 9.90 Å². The van der Waals surface area contributed by atoms with Crippen LogP contribution in [0.1, 0.15) is 13.3 Å². The van der Waals surface area contributed by atoms with Gasteiger partial charge in [-0.15, -0.1) is 13.2 Å². The van der Waals surface area contributed by atoms with Crippen LogP contribution in [-0.2, 0) is 14.3 Å². The first kappa shape index (κ1) is 19.9. The van der Waals surface area contributed by atoms with Gasteiger partial charge in [0, 0.05) is 20.2 Å². The molecule has 0 radical (unpaired) electrons. The molecule has 8 heteroatoms. The van der Waals surface area contributed by atoms with E-state index in [1.54, 1.807) is 24.3 Å². The predicted octanol–water partition coefficient (Wildman–Crippen LogP) is 1.02. The van der Waals surface area contributed by atoms with Crippen LogP contribution in [0.2, 0.25) is 0 Å². The van der Waals surface area contributed by atoms with Gasteiger partial charge in [-0.3, -0.25) is 4.79 Å². The van der Waals surface area contributed by atoms with Gasteiger partial charge in [-0.2, -0.15) is 0 Å². The Bertz CT molecular complexity index is 640. The van der Waals surface area contributed by atoms with Crippen LogP contribution in [0, 0.1) is 0 Å². The first-order valence-corrected chi connectivity index (χ1v) is 11.2. The van der Waals surface area contributed by atoms with Crippen molar-refractivity contribution in [2.75, 3.05) is 26.6 Å². The summed E-state index contributed by atoms with van der Waals surface area (Å²) < 4.78 is 11.5. The molecule has 0 saturated carbocycles. The second-order valence-electron chi connectivity index (χ2n) is 7.02. The Hall–Kier alpha value is -1.40. The molecule has 0 bridgehead atoms. The van der Waals surface area contributed by atoms with Crippen molar-refractivity contribution in [1.82, 2.24) is 10.2 Å². The third kappa shape index (κ3) is 5.05. The average Bonchev–Trinajstić information content (AvgIpc) is 2.80. The highest BCUT2D eigenvalue weighted by Crippen LogP contribution is 2.39. The van der Waals surface area contributed by atoms with Gasteiger partial charge in [0.2, 0.25) is 5.91 Å². The number of aliphatic imine (C=N–C) groups is 1. The van der Waals surface area contributed by atoms with Gasteiger partial charge in [0.25, 0.3) is 0 Å². The molecule has 0 aliphatic carbocycles. The number of ether oxygens (including phenoxy) is 2. The SMILES string of the molecule is C=C1N=C(NC(C)=O)C=CN1C1O[C@H](CCP(=C)(C)C)[C@@H](O)[C@H]1OC. The fourth-order valence-corrected chi connectivity index (χ4v) is 3.82. The number of amides is 1. The number of rotatable bonds is 5. The predicted molar refractivity (Wildman–Crippen MR) is 102 cm³/mol. The lowest BCUT2D eigenvalue weighted by Crippen LogP contribution is -2.43. The topological polar surface area (TPSA) is 83.4 Å². The van der Waals surface area contributed by atoms with Crippen LogP contribution in [-0.4, -0.2) is 79.2 Å². The third-order valence-corrected chi connectivity index (χ3v) is 5.59. The molecule has 2 rings (SSSR count). The Kier molecular flexibility index (Phi) is 6.27. The highest BCUT2D eigenvalue weighted by Gasteiger charge is 2.46. The van der Waals surface area contributed by atoms with E-state index in [1.165, 1.54) is 6.92 Å². The average molecular weight is 369 g/mol. The van der Waals surface area contributed by atoms with Gasteiger partial charge < -0.3 is 24.8 Å². The molecule has 0 spiro atoms. The summed E-state index contributed by atoms with van der Waals surface area (Å²) >= 11 is 0. The van der Waals surface area contributed by atoms with E-state index in [2.05, 4.69) is 36.5 Å². The molecule has 0 aromatic heterocycles. The van der Waals surface area contributed by atoms with Crippen LogP contribution in [0.5, 0.6) is 0 Å². The van der Waals surface area contributed by atoms with Crippen molar-refractivity contribution in [3.05, 3.63) is 24.7 Å². The number of nitrogens with one attached hydrogen (secondary N) is 1. The van der Waals surface area contributed by atoms with Gasteiger partial charge in [-0.1, -0.05) is 6.58 Å². The number of carbonyl (C=O) groups is 1. The van der Waals surface area contributed by atoms with Crippen LogP contribution in [0.25, 0.3) is 0 Å². The summed E-state index contributed by atoms with van der Waals surface area (Å²) in [5, 5.41) is 13.2. The second kappa shape index (κ2) is 7.87. The summed E-state index contributed by atoms with van der Waals surface area (Å²) in [6.07, 6.45) is 7.15. The zero-order chi connectivity index (χ0) is 18.8. The molecule has 0 aromatic carbocycles. The number of nitrogens with zero attached hydrogens (tertiary/aromatic N) is 2. The number of aliphatic hydroxyl groups is 1. The first-order chi connectivity index (χ1) is 11.6. The van der Waals surface area contributed by atoms with E-state index in [-0.39, 0.29) is 12.0 Å². The minimum Gasteiger partial charge on any atom is -0.388 e. The summed E-state index contributed by atoms with van der Waals surface area (Å²) in [6.45, 7) is 8.45. The van der Waals surface area contributed by atoms with Gasteiger partial charge >= 0.3 is 0 Å². The molecule has 2 heterocycles. The summed E-state index contributed by atoms with van der Waals surface area (Å²) in [6, 6.07) is 0. The minimum absolute atomic E-state index is 0.203. The van der Waals surface area contributed by atoms with Crippen LogP contribution in [0.4, 0.5) is 0 Å². The van der Waals surface area contributed by atoms with Gasteiger partial charge in [-0.05, 0) is 32.0 Å². The molecule has 2 aliphatic rings. The van der Waals surface area contributed by atoms with E-state index in [4.69, 9.17) is 9.47 Å². The maximum atomic E-state index is 11.1. The maximum Gasteiger partial charge on any atom is 0.222 e. The molecule has 0 aromatic rings. The van der Waals surface area contributed by atoms with E-state index in [0.29, 0.717) is 11.7 Å². The van der Waals surface area contributed by atoms with E-state index < -0.39 is 25.3 Å². The molecule has 4 atom stereocenters. The fraction of sp³-hybridized carbons (Fsp3) is 0.588. The number of methoxy groups -OCH3 is 1. The Labute approximate surface area is 149 Å². The molecule has 1 saturated heterocycles. The van der Waals surface area contributed by atoms with Crippen LogP contribution < -0.4 is 5.32 Å². The number of aliphatic hydroxyl groups excluding tert-OH is 1. The van der Waals surface area contributed by atoms with E-state index in [1.807, 2.05) is 0 Å². The van der Waals surface area contributed by atoms with Crippen molar-refractivity contribution >= 4 is 24.9 Å². The van der Waals surface area contributed by atoms with Gasteiger partial charge in [0.1, 0.15) is 23.9 Å². The quantitative estimate of drug-likeness (QED) is 0.707. The zero-order valence-corrected chi connectivity index (χ0v) is 16.2. The molecule has 1 fully saturated rings. The third-order valence-electron chi connectivity index (χ3n) is 4.12.